The molecule has 0 spiro atoms. The molecule has 1 atom stereocenters. The van der Waals surface area contributed by atoms with Gasteiger partial charge in [-0.1, -0.05) is 35.6 Å². The highest BCUT2D eigenvalue weighted by atomic mass is 32.1. The summed E-state index contributed by atoms with van der Waals surface area (Å²) in [6.07, 6.45) is -4.59. The van der Waals surface area contributed by atoms with Crippen molar-refractivity contribution < 1.29 is 18.0 Å². The number of hydrogen-bond donors (Lipinski definition) is 1. The first-order chi connectivity index (χ1) is 14.7. The maximum Gasteiger partial charge on any atom is 0.416 e. The van der Waals surface area contributed by atoms with Crippen LogP contribution in [0, 0.1) is 13.8 Å². The van der Waals surface area contributed by atoms with E-state index in [9.17, 15) is 18.0 Å². The fraction of sp³-hybridized carbons (Fsp3) is 0.227. The Hall–Kier alpha value is -3.20. The molecule has 2 aromatic heterocycles. The minimum Gasteiger partial charge on any atom is -0.310 e. The predicted octanol–water partition coefficient (Wildman–Crippen LogP) is 5.59. The Bertz CT molecular complexity index is 1340. The van der Waals surface area contributed by atoms with Gasteiger partial charge in [0.15, 0.2) is 0 Å². The van der Waals surface area contributed by atoms with Crippen molar-refractivity contribution in [2.45, 2.75) is 32.4 Å². The van der Waals surface area contributed by atoms with Crippen LogP contribution in [0.3, 0.4) is 0 Å². The van der Waals surface area contributed by atoms with Crippen molar-refractivity contribution in [3.63, 3.8) is 0 Å². The first kappa shape index (κ1) is 19.7. The molecule has 1 amide bonds. The minimum atomic E-state index is -4.51. The molecule has 1 aliphatic rings. The summed E-state index contributed by atoms with van der Waals surface area (Å²) < 4.78 is 43.5. The lowest BCUT2D eigenvalue weighted by Crippen LogP contribution is -2.26. The van der Waals surface area contributed by atoms with E-state index < -0.39 is 17.7 Å². The third-order valence-electron chi connectivity index (χ3n) is 5.46. The Morgan fingerprint density at radius 1 is 1.16 bits per heavy atom. The molecule has 3 heterocycles. The van der Waals surface area contributed by atoms with Gasteiger partial charge in [0.1, 0.15) is 5.82 Å². The quantitative estimate of drug-likeness (QED) is 0.440. The van der Waals surface area contributed by atoms with E-state index in [2.05, 4.69) is 15.4 Å². The molecule has 0 saturated carbocycles. The molecule has 9 heteroatoms. The van der Waals surface area contributed by atoms with Gasteiger partial charge in [0, 0.05) is 17.9 Å². The molecule has 4 aromatic rings. The van der Waals surface area contributed by atoms with Gasteiger partial charge in [-0.05, 0) is 43.2 Å². The van der Waals surface area contributed by atoms with Gasteiger partial charge in [0.2, 0.25) is 11.0 Å². The lowest BCUT2D eigenvalue weighted by molar-refractivity contribution is -0.138. The summed E-state index contributed by atoms with van der Waals surface area (Å²) in [5.41, 5.74) is 2.39. The van der Waals surface area contributed by atoms with E-state index in [1.165, 1.54) is 28.2 Å². The van der Waals surface area contributed by atoms with Gasteiger partial charge in [-0.25, -0.2) is 4.98 Å². The molecular formula is C22H17F3N4OS. The molecule has 31 heavy (non-hydrogen) atoms. The van der Waals surface area contributed by atoms with Crippen molar-refractivity contribution in [1.29, 1.82) is 0 Å². The summed E-state index contributed by atoms with van der Waals surface area (Å²) in [6.45, 7) is 3.73. The summed E-state index contributed by atoms with van der Waals surface area (Å²) in [5.74, 6) is -0.717. The lowest BCUT2D eigenvalue weighted by Gasteiger charge is -2.26. The highest BCUT2D eigenvalue weighted by Crippen LogP contribution is 2.45. The SMILES string of the molecule is Cc1ccc2nc(-n3nc(C)c4c3NC(=O)C[C@@H]4c3ccccc3C(F)(F)F)sc2c1. The molecule has 1 aliphatic heterocycles. The van der Waals surface area contributed by atoms with Crippen LogP contribution in [0.25, 0.3) is 15.3 Å². The van der Waals surface area contributed by atoms with Crippen molar-refractivity contribution in [1.82, 2.24) is 14.8 Å². The summed E-state index contributed by atoms with van der Waals surface area (Å²) in [6, 6.07) is 11.3. The van der Waals surface area contributed by atoms with E-state index in [4.69, 9.17) is 0 Å². The molecule has 0 saturated heterocycles. The maximum atomic E-state index is 13.7. The minimum absolute atomic E-state index is 0.0775. The zero-order valence-electron chi connectivity index (χ0n) is 16.6. The van der Waals surface area contributed by atoms with Gasteiger partial charge >= 0.3 is 6.18 Å². The number of fused-ring (bicyclic) bond motifs is 2. The smallest absolute Gasteiger partial charge is 0.310 e. The number of carbonyl (C=O) groups excluding carboxylic acids is 1. The molecule has 2 aromatic carbocycles. The largest absolute Gasteiger partial charge is 0.416 e. The molecule has 0 bridgehead atoms. The highest BCUT2D eigenvalue weighted by Gasteiger charge is 2.39. The molecular weight excluding hydrogens is 425 g/mol. The Kier molecular flexibility index (Phi) is 4.40. The lowest BCUT2D eigenvalue weighted by atomic mass is 9.83. The summed E-state index contributed by atoms with van der Waals surface area (Å²) >= 11 is 1.41. The molecule has 1 N–H and O–H groups in total. The number of hydrogen-bond acceptors (Lipinski definition) is 4. The highest BCUT2D eigenvalue weighted by molar-refractivity contribution is 7.20. The van der Waals surface area contributed by atoms with Crippen molar-refractivity contribution in [2.75, 3.05) is 5.32 Å². The first-order valence-electron chi connectivity index (χ1n) is 9.65. The standard InChI is InChI=1S/C22H17F3N4OS/c1-11-7-8-16-17(9-11)31-21(26-16)29-20-19(12(2)28-29)14(10-18(30)27-20)13-5-3-4-6-15(13)22(23,24)25/h3-9,14H,10H2,1-2H3,(H,27,30)/t14-/m1/s1. The van der Waals surface area contributed by atoms with Crippen molar-refractivity contribution in [2.24, 2.45) is 0 Å². The van der Waals surface area contributed by atoms with Gasteiger partial charge in [-0.3, -0.25) is 4.79 Å². The van der Waals surface area contributed by atoms with Crippen LogP contribution in [0.15, 0.2) is 42.5 Å². The number of aromatic nitrogens is 3. The zero-order chi connectivity index (χ0) is 21.9. The van der Waals surface area contributed by atoms with Gasteiger partial charge < -0.3 is 5.32 Å². The van der Waals surface area contributed by atoms with Crippen molar-refractivity contribution in [3.8, 4) is 5.13 Å². The van der Waals surface area contributed by atoms with E-state index in [0.717, 1.165) is 21.8 Å². The number of halogens is 3. The Balaban J connectivity index is 1.69. The number of alkyl halides is 3. The third kappa shape index (κ3) is 3.29. The van der Waals surface area contributed by atoms with Gasteiger partial charge in [-0.15, -0.1) is 0 Å². The number of amides is 1. The van der Waals surface area contributed by atoms with Crippen LogP contribution in [-0.2, 0) is 11.0 Å². The zero-order valence-corrected chi connectivity index (χ0v) is 17.4. The van der Waals surface area contributed by atoms with Crippen LogP contribution in [-0.4, -0.2) is 20.7 Å². The number of aryl methyl sites for hydroxylation is 2. The molecule has 5 nitrogen and oxygen atoms in total. The molecule has 0 radical (unpaired) electrons. The van der Waals surface area contributed by atoms with E-state index in [0.29, 0.717) is 22.2 Å². The van der Waals surface area contributed by atoms with Gasteiger partial charge in [-0.2, -0.15) is 23.0 Å². The Morgan fingerprint density at radius 3 is 2.71 bits per heavy atom. The average Bonchev–Trinajstić information content (AvgIpc) is 3.27. The number of benzene rings is 2. The van der Waals surface area contributed by atoms with Crippen LogP contribution >= 0.6 is 11.3 Å². The van der Waals surface area contributed by atoms with Crippen LogP contribution in [0.5, 0.6) is 0 Å². The second-order valence-corrected chi connectivity index (χ2v) is 8.63. The molecule has 0 aliphatic carbocycles. The monoisotopic (exact) mass is 442 g/mol. The Labute approximate surface area is 179 Å². The topological polar surface area (TPSA) is 59.8 Å². The number of anilines is 1. The molecule has 0 fully saturated rings. The van der Waals surface area contributed by atoms with Crippen LogP contribution in [0.2, 0.25) is 0 Å². The summed E-state index contributed by atoms with van der Waals surface area (Å²) in [7, 11) is 0. The maximum absolute atomic E-state index is 13.7. The van der Waals surface area contributed by atoms with Gasteiger partial charge in [0.05, 0.1) is 21.5 Å². The van der Waals surface area contributed by atoms with Crippen LogP contribution < -0.4 is 5.32 Å². The fourth-order valence-electron chi connectivity index (χ4n) is 4.12. The molecule has 0 unspecified atom stereocenters. The van der Waals surface area contributed by atoms with Crippen LogP contribution in [0.4, 0.5) is 19.0 Å². The van der Waals surface area contributed by atoms with E-state index in [-0.39, 0.29) is 17.9 Å². The van der Waals surface area contributed by atoms with E-state index >= 15 is 0 Å². The van der Waals surface area contributed by atoms with E-state index in [1.807, 2.05) is 25.1 Å². The average molecular weight is 442 g/mol. The fourth-order valence-corrected chi connectivity index (χ4v) is 5.14. The van der Waals surface area contributed by atoms with Crippen molar-refractivity contribution in [3.05, 3.63) is 70.4 Å². The molecule has 5 rings (SSSR count). The summed E-state index contributed by atoms with van der Waals surface area (Å²) in [5, 5.41) is 7.91. The summed E-state index contributed by atoms with van der Waals surface area (Å²) in [4.78, 5) is 17.1. The van der Waals surface area contributed by atoms with Gasteiger partial charge in [0.25, 0.3) is 0 Å². The third-order valence-corrected chi connectivity index (χ3v) is 6.45. The van der Waals surface area contributed by atoms with E-state index in [1.54, 1.807) is 13.0 Å². The van der Waals surface area contributed by atoms with Crippen LogP contribution in [0.1, 0.15) is 40.3 Å². The number of rotatable bonds is 2. The molecule has 158 valence electrons. The first-order valence-corrected chi connectivity index (χ1v) is 10.5. The predicted molar refractivity (Wildman–Crippen MR) is 113 cm³/mol. The number of carbonyl (C=O) groups is 1. The number of nitrogens with one attached hydrogen (secondary N) is 1. The second-order valence-electron chi connectivity index (χ2n) is 7.62. The normalized spacial score (nSPS) is 16.4. The number of nitrogens with zero attached hydrogens (tertiary/aromatic N) is 3. The Morgan fingerprint density at radius 2 is 1.94 bits per heavy atom. The second kappa shape index (κ2) is 6.91. The number of thiazole rings is 1. The van der Waals surface area contributed by atoms with Crippen molar-refractivity contribution >= 4 is 33.3 Å².